The van der Waals surface area contributed by atoms with Gasteiger partial charge >= 0.3 is 0 Å². The first-order valence-corrected chi connectivity index (χ1v) is 5.77. The highest BCUT2D eigenvalue weighted by Gasteiger charge is 2.08. The Hall–Kier alpha value is -1.81. The van der Waals surface area contributed by atoms with Crippen LogP contribution in [0.2, 0.25) is 0 Å². The first-order valence-electron chi connectivity index (χ1n) is 5.77. The third kappa shape index (κ3) is 2.17. The lowest BCUT2D eigenvalue weighted by atomic mass is 10.1. The maximum absolute atomic E-state index is 5.42. The van der Waals surface area contributed by atoms with Gasteiger partial charge in [-0.15, -0.1) is 0 Å². The minimum atomic E-state index is 0.754. The Morgan fingerprint density at radius 2 is 2.18 bits per heavy atom. The average Bonchev–Trinajstić information content (AvgIpc) is 2.67. The van der Waals surface area contributed by atoms with Crippen LogP contribution in [-0.2, 0) is 4.74 Å². The van der Waals surface area contributed by atoms with Gasteiger partial charge in [0.1, 0.15) is 0 Å². The molecule has 0 fully saturated rings. The third-order valence-electron chi connectivity index (χ3n) is 2.84. The van der Waals surface area contributed by atoms with Crippen LogP contribution in [-0.4, -0.2) is 28.2 Å². The largest absolute Gasteiger partial charge is 0.381 e. The van der Waals surface area contributed by atoms with Gasteiger partial charge in [-0.1, -0.05) is 6.08 Å². The first kappa shape index (κ1) is 10.4. The van der Waals surface area contributed by atoms with Crippen molar-refractivity contribution in [2.45, 2.75) is 12.8 Å². The Bertz CT molecular complexity index is 565. The third-order valence-corrected chi connectivity index (χ3v) is 2.84. The highest BCUT2D eigenvalue weighted by atomic mass is 16.5. The monoisotopic (exact) mass is 227 g/mol. The SMILES string of the molecule is C1=C(c2ncc3cnccc3n2)CCOCC1. The van der Waals surface area contributed by atoms with E-state index < -0.39 is 0 Å². The molecule has 0 amide bonds. The van der Waals surface area contributed by atoms with E-state index in [2.05, 4.69) is 21.0 Å². The molecule has 0 saturated carbocycles. The molecule has 3 rings (SSSR count). The zero-order chi connectivity index (χ0) is 11.5. The van der Waals surface area contributed by atoms with Gasteiger partial charge < -0.3 is 4.74 Å². The highest BCUT2D eigenvalue weighted by Crippen LogP contribution is 2.19. The summed E-state index contributed by atoms with van der Waals surface area (Å²) in [5, 5.41) is 0.974. The second-order valence-corrected chi connectivity index (χ2v) is 4.01. The summed E-state index contributed by atoms with van der Waals surface area (Å²) in [6.07, 6.45) is 9.36. The molecule has 0 atom stereocenters. The van der Waals surface area contributed by atoms with Crippen LogP contribution in [0.4, 0.5) is 0 Å². The lowest BCUT2D eigenvalue weighted by Crippen LogP contribution is -1.97. The molecule has 0 unspecified atom stereocenters. The molecule has 86 valence electrons. The van der Waals surface area contributed by atoms with Crippen LogP contribution in [0.15, 0.2) is 30.7 Å². The van der Waals surface area contributed by atoms with Crippen LogP contribution in [0, 0.1) is 0 Å². The Morgan fingerprint density at radius 3 is 3.18 bits per heavy atom. The molecule has 1 aliphatic rings. The maximum Gasteiger partial charge on any atom is 0.155 e. The number of fused-ring (bicyclic) bond motifs is 1. The van der Waals surface area contributed by atoms with Crippen molar-refractivity contribution in [2.24, 2.45) is 0 Å². The van der Waals surface area contributed by atoms with Crippen molar-refractivity contribution in [3.63, 3.8) is 0 Å². The van der Waals surface area contributed by atoms with E-state index >= 15 is 0 Å². The molecule has 3 heterocycles. The standard InChI is InChI=1S/C13H13N3O/c1-2-10(4-7-17-6-1)13-15-9-11-8-14-5-3-12(11)16-13/h2-3,5,8-9H,1,4,6-7H2. The van der Waals surface area contributed by atoms with Crippen LogP contribution >= 0.6 is 0 Å². The summed E-state index contributed by atoms with van der Waals surface area (Å²) < 4.78 is 5.42. The predicted octanol–water partition coefficient (Wildman–Crippen LogP) is 2.22. The predicted molar refractivity (Wildman–Crippen MR) is 65.4 cm³/mol. The molecule has 0 saturated heterocycles. The molecule has 0 N–H and O–H groups in total. The van der Waals surface area contributed by atoms with Gasteiger partial charge in [0, 0.05) is 24.0 Å². The van der Waals surface area contributed by atoms with E-state index in [1.54, 1.807) is 12.4 Å². The van der Waals surface area contributed by atoms with E-state index in [4.69, 9.17) is 4.74 Å². The highest BCUT2D eigenvalue weighted by molar-refractivity contribution is 5.78. The van der Waals surface area contributed by atoms with Crippen molar-refractivity contribution in [2.75, 3.05) is 13.2 Å². The summed E-state index contributed by atoms with van der Waals surface area (Å²) in [4.78, 5) is 13.0. The smallest absolute Gasteiger partial charge is 0.155 e. The molecule has 4 heteroatoms. The second kappa shape index (κ2) is 4.59. The zero-order valence-electron chi connectivity index (χ0n) is 9.47. The van der Waals surface area contributed by atoms with Crippen molar-refractivity contribution in [3.05, 3.63) is 36.6 Å². The Labute approximate surface area is 99.4 Å². The summed E-state index contributed by atoms with van der Waals surface area (Å²) in [6, 6.07) is 1.91. The fourth-order valence-corrected chi connectivity index (χ4v) is 1.93. The number of aromatic nitrogens is 3. The molecule has 0 radical (unpaired) electrons. The molecular weight excluding hydrogens is 214 g/mol. The number of ether oxygens (including phenoxy) is 1. The van der Waals surface area contributed by atoms with Crippen molar-refractivity contribution in [1.82, 2.24) is 15.0 Å². The minimum Gasteiger partial charge on any atom is -0.381 e. The summed E-state index contributed by atoms with van der Waals surface area (Å²) in [5.41, 5.74) is 2.12. The fraction of sp³-hybridized carbons (Fsp3) is 0.308. The van der Waals surface area contributed by atoms with Crippen molar-refractivity contribution in [1.29, 1.82) is 0 Å². The Balaban J connectivity index is 2.02. The van der Waals surface area contributed by atoms with Gasteiger partial charge in [-0.25, -0.2) is 9.97 Å². The van der Waals surface area contributed by atoms with Crippen molar-refractivity contribution >= 4 is 16.5 Å². The van der Waals surface area contributed by atoms with Gasteiger partial charge in [0.15, 0.2) is 5.82 Å². The fourth-order valence-electron chi connectivity index (χ4n) is 1.93. The molecule has 1 aliphatic heterocycles. The number of rotatable bonds is 1. The van der Waals surface area contributed by atoms with Crippen LogP contribution in [0.3, 0.4) is 0 Å². The second-order valence-electron chi connectivity index (χ2n) is 4.01. The van der Waals surface area contributed by atoms with Crippen molar-refractivity contribution < 1.29 is 4.74 Å². The van der Waals surface area contributed by atoms with E-state index in [0.717, 1.165) is 42.8 Å². The molecular formula is C13H13N3O. The summed E-state index contributed by atoms with van der Waals surface area (Å²) in [6.45, 7) is 1.55. The van der Waals surface area contributed by atoms with E-state index in [0.29, 0.717) is 0 Å². The quantitative estimate of drug-likeness (QED) is 0.749. The lowest BCUT2D eigenvalue weighted by Gasteiger charge is -2.04. The number of pyridine rings is 1. The van der Waals surface area contributed by atoms with Gasteiger partial charge in [-0.05, 0) is 24.5 Å². The summed E-state index contributed by atoms with van der Waals surface area (Å²) in [7, 11) is 0. The van der Waals surface area contributed by atoms with Gasteiger partial charge in [0.2, 0.25) is 0 Å². The van der Waals surface area contributed by atoms with Gasteiger partial charge in [0.05, 0.1) is 18.7 Å². The lowest BCUT2D eigenvalue weighted by molar-refractivity contribution is 0.148. The van der Waals surface area contributed by atoms with Crippen LogP contribution < -0.4 is 0 Å². The number of hydrogen-bond donors (Lipinski definition) is 0. The Kier molecular flexibility index (Phi) is 2.80. The average molecular weight is 227 g/mol. The molecule has 17 heavy (non-hydrogen) atoms. The summed E-state index contributed by atoms with van der Waals surface area (Å²) in [5.74, 6) is 0.814. The topological polar surface area (TPSA) is 47.9 Å². The molecule has 0 aromatic carbocycles. The van der Waals surface area contributed by atoms with Crippen LogP contribution in [0.1, 0.15) is 18.7 Å². The maximum atomic E-state index is 5.42. The van der Waals surface area contributed by atoms with Gasteiger partial charge in [-0.2, -0.15) is 0 Å². The van der Waals surface area contributed by atoms with E-state index in [1.807, 2.05) is 12.3 Å². The normalized spacial score (nSPS) is 16.6. The molecule has 0 spiro atoms. The number of hydrogen-bond acceptors (Lipinski definition) is 4. The van der Waals surface area contributed by atoms with Gasteiger partial charge in [-0.3, -0.25) is 4.98 Å². The van der Waals surface area contributed by atoms with Gasteiger partial charge in [0.25, 0.3) is 0 Å². The Morgan fingerprint density at radius 1 is 1.18 bits per heavy atom. The van der Waals surface area contributed by atoms with Crippen LogP contribution in [0.25, 0.3) is 16.5 Å². The molecule has 2 aromatic rings. The van der Waals surface area contributed by atoms with E-state index in [-0.39, 0.29) is 0 Å². The molecule has 0 aliphatic carbocycles. The zero-order valence-corrected chi connectivity index (χ0v) is 9.47. The van der Waals surface area contributed by atoms with E-state index in [1.165, 1.54) is 5.57 Å². The molecule has 0 bridgehead atoms. The van der Waals surface area contributed by atoms with Crippen LogP contribution in [0.5, 0.6) is 0 Å². The minimum absolute atomic E-state index is 0.754. The molecule has 2 aromatic heterocycles. The molecule has 4 nitrogen and oxygen atoms in total. The number of nitrogens with zero attached hydrogens (tertiary/aromatic N) is 3. The first-order chi connectivity index (χ1) is 8.43. The summed E-state index contributed by atoms with van der Waals surface area (Å²) >= 11 is 0. The van der Waals surface area contributed by atoms with E-state index in [9.17, 15) is 0 Å². The van der Waals surface area contributed by atoms with Crippen molar-refractivity contribution in [3.8, 4) is 0 Å².